The van der Waals surface area contributed by atoms with Gasteiger partial charge in [0.25, 0.3) is 0 Å². The van der Waals surface area contributed by atoms with E-state index >= 15 is 0 Å². The number of allylic oxidation sites excluding steroid dienone is 4. The maximum absolute atomic E-state index is 6.61. The molecule has 0 bridgehead atoms. The van der Waals surface area contributed by atoms with Crippen LogP contribution in [0, 0.1) is 10.8 Å². The number of rotatable bonds is 0. The molecule has 0 nitrogen and oxygen atoms in total. The summed E-state index contributed by atoms with van der Waals surface area (Å²) in [7, 11) is 0. The Bertz CT molecular complexity index is 420. The molecule has 0 N–H and O–H groups in total. The van der Waals surface area contributed by atoms with E-state index < -0.39 is 0 Å². The highest BCUT2D eigenvalue weighted by Crippen LogP contribution is 2.63. The van der Waals surface area contributed by atoms with Crippen LogP contribution in [0.3, 0.4) is 0 Å². The largest absolute Gasteiger partial charge is 0.118 e. The lowest BCUT2D eigenvalue weighted by Crippen LogP contribution is -2.50. The van der Waals surface area contributed by atoms with E-state index in [4.69, 9.17) is 11.6 Å². The zero-order chi connectivity index (χ0) is 13.8. The molecule has 2 aliphatic carbocycles. The Kier molecular flexibility index (Phi) is 3.89. The summed E-state index contributed by atoms with van der Waals surface area (Å²) >= 11 is 14.2. The molecular weight excluding hydrogens is 375 g/mol. The van der Waals surface area contributed by atoms with Gasteiger partial charge in [-0.05, 0) is 33.1 Å². The van der Waals surface area contributed by atoms with Crippen LogP contribution in [-0.2, 0) is 0 Å². The van der Waals surface area contributed by atoms with E-state index in [9.17, 15) is 0 Å². The molecule has 0 heterocycles. The molecular formula is C15H21Br2Cl. The van der Waals surface area contributed by atoms with Crippen molar-refractivity contribution in [2.45, 2.75) is 56.7 Å². The summed E-state index contributed by atoms with van der Waals surface area (Å²) < 4.78 is 1.30. The second-order valence-electron chi connectivity index (χ2n) is 6.52. The second kappa shape index (κ2) is 4.63. The maximum atomic E-state index is 6.61. The SMILES string of the molecule is CC1=CC=C(Br)C(C)(C)[C@]12CCC(C)(Cl)C(Br)C2. The molecule has 0 aromatic heterocycles. The van der Waals surface area contributed by atoms with Crippen LogP contribution in [0.25, 0.3) is 0 Å². The third-order valence-corrected chi connectivity index (χ3v) is 8.56. The molecule has 0 saturated heterocycles. The van der Waals surface area contributed by atoms with E-state index in [1.165, 1.54) is 10.1 Å². The third-order valence-electron chi connectivity index (χ3n) is 5.25. The van der Waals surface area contributed by atoms with Gasteiger partial charge in [0.1, 0.15) is 0 Å². The predicted octanol–water partition coefficient (Wildman–Crippen LogP) is 6.18. The fourth-order valence-corrected chi connectivity index (χ4v) is 4.91. The average Bonchev–Trinajstić information content (AvgIpc) is 2.27. The Morgan fingerprint density at radius 3 is 2.39 bits per heavy atom. The smallest absolute Gasteiger partial charge is 0.0544 e. The first-order valence-corrected chi connectivity index (χ1v) is 8.60. The fraction of sp³-hybridized carbons (Fsp3) is 0.733. The minimum absolute atomic E-state index is 0.116. The van der Waals surface area contributed by atoms with E-state index in [1.54, 1.807) is 0 Å². The summed E-state index contributed by atoms with van der Waals surface area (Å²) in [5.74, 6) is 0. The van der Waals surface area contributed by atoms with Gasteiger partial charge in [0.15, 0.2) is 0 Å². The standard InChI is InChI=1S/C15H21Br2Cl/c1-10-5-6-11(16)13(2,3)15(10)8-7-14(4,18)12(17)9-15/h5-6,12H,7-9H2,1-4H3/t12?,14?,15-/m0/s1. The van der Waals surface area contributed by atoms with Gasteiger partial charge in [-0.3, -0.25) is 0 Å². The van der Waals surface area contributed by atoms with Crippen molar-refractivity contribution in [3.8, 4) is 0 Å². The molecule has 0 amide bonds. The third kappa shape index (κ3) is 2.07. The number of hydrogen-bond donors (Lipinski definition) is 0. The van der Waals surface area contributed by atoms with Crippen LogP contribution in [0.15, 0.2) is 22.2 Å². The molecule has 102 valence electrons. The molecule has 1 spiro atoms. The van der Waals surface area contributed by atoms with Gasteiger partial charge >= 0.3 is 0 Å². The Labute approximate surface area is 132 Å². The van der Waals surface area contributed by atoms with Crippen LogP contribution in [0.1, 0.15) is 47.0 Å². The molecule has 2 unspecified atom stereocenters. The zero-order valence-electron chi connectivity index (χ0n) is 11.5. The average molecular weight is 397 g/mol. The second-order valence-corrected chi connectivity index (χ2v) is 9.34. The first-order chi connectivity index (χ1) is 8.13. The molecule has 3 heteroatoms. The summed E-state index contributed by atoms with van der Waals surface area (Å²) in [4.78, 5) is 0.247. The Morgan fingerprint density at radius 2 is 1.83 bits per heavy atom. The maximum Gasteiger partial charge on any atom is 0.0544 e. The van der Waals surface area contributed by atoms with Crippen LogP contribution in [0.4, 0.5) is 0 Å². The van der Waals surface area contributed by atoms with Gasteiger partial charge in [-0.1, -0.05) is 63.4 Å². The summed E-state index contributed by atoms with van der Waals surface area (Å²) in [5.41, 5.74) is 1.86. The van der Waals surface area contributed by atoms with Crippen molar-refractivity contribution >= 4 is 43.5 Å². The van der Waals surface area contributed by atoms with Crippen LogP contribution in [0.5, 0.6) is 0 Å². The molecule has 0 aromatic carbocycles. The highest BCUT2D eigenvalue weighted by molar-refractivity contribution is 9.11. The van der Waals surface area contributed by atoms with Gasteiger partial charge in [0.2, 0.25) is 0 Å². The molecule has 2 aliphatic rings. The lowest BCUT2D eigenvalue weighted by molar-refractivity contribution is 0.0917. The quantitative estimate of drug-likeness (QED) is 0.429. The van der Waals surface area contributed by atoms with Crippen LogP contribution >= 0.6 is 43.5 Å². The minimum Gasteiger partial charge on any atom is -0.118 e. The number of hydrogen-bond acceptors (Lipinski definition) is 0. The van der Waals surface area contributed by atoms with Crippen LogP contribution < -0.4 is 0 Å². The summed E-state index contributed by atoms with van der Waals surface area (Å²) in [5, 5.41) is 0. The monoisotopic (exact) mass is 394 g/mol. The van der Waals surface area contributed by atoms with Crippen LogP contribution in [0.2, 0.25) is 0 Å². The molecule has 0 aromatic rings. The van der Waals surface area contributed by atoms with Gasteiger partial charge in [-0.15, -0.1) is 11.6 Å². The van der Waals surface area contributed by atoms with E-state index in [2.05, 4.69) is 71.7 Å². The van der Waals surface area contributed by atoms with Crippen molar-refractivity contribution in [2.75, 3.05) is 0 Å². The number of alkyl halides is 2. The van der Waals surface area contributed by atoms with Crippen molar-refractivity contribution in [3.63, 3.8) is 0 Å². The van der Waals surface area contributed by atoms with Crippen LogP contribution in [-0.4, -0.2) is 9.70 Å². The van der Waals surface area contributed by atoms with Gasteiger partial charge < -0.3 is 0 Å². The molecule has 0 aliphatic heterocycles. The lowest BCUT2D eigenvalue weighted by Gasteiger charge is -2.56. The van der Waals surface area contributed by atoms with Gasteiger partial charge in [0, 0.05) is 20.1 Å². The molecule has 18 heavy (non-hydrogen) atoms. The highest BCUT2D eigenvalue weighted by Gasteiger charge is 2.54. The van der Waals surface area contributed by atoms with Crippen molar-refractivity contribution in [1.82, 2.24) is 0 Å². The molecule has 1 fully saturated rings. The first kappa shape index (κ1) is 15.1. The highest BCUT2D eigenvalue weighted by atomic mass is 79.9. The summed E-state index contributed by atoms with van der Waals surface area (Å²) in [6.07, 6.45) is 7.79. The molecule has 0 radical (unpaired) electrons. The Hall–Kier alpha value is 0.730. The minimum atomic E-state index is -0.116. The Balaban J connectivity index is 2.43. The topological polar surface area (TPSA) is 0 Å². The van der Waals surface area contributed by atoms with Crippen molar-refractivity contribution < 1.29 is 0 Å². The van der Waals surface area contributed by atoms with E-state index in [0.29, 0.717) is 4.83 Å². The van der Waals surface area contributed by atoms with E-state index in [0.717, 1.165) is 19.3 Å². The van der Waals surface area contributed by atoms with E-state index in [-0.39, 0.29) is 15.7 Å². The zero-order valence-corrected chi connectivity index (χ0v) is 15.4. The lowest BCUT2D eigenvalue weighted by atomic mass is 9.52. The summed E-state index contributed by atoms with van der Waals surface area (Å²) in [6, 6.07) is 0. The van der Waals surface area contributed by atoms with Crippen molar-refractivity contribution in [3.05, 3.63) is 22.2 Å². The predicted molar refractivity (Wildman–Crippen MR) is 87.8 cm³/mol. The normalized spacial score (nSPS) is 43.6. The fourth-order valence-electron chi connectivity index (χ4n) is 3.45. The number of halogens is 3. The van der Waals surface area contributed by atoms with E-state index in [1.807, 2.05) is 0 Å². The van der Waals surface area contributed by atoms with Gasteiger partial charge in [-0.25, -0.2) is 0 Å². The Morgan fingerprint density at radius 1 is 1.22 bits per heavy atom. The van der Waals surface area contributed by atoms with Crippen molar-refractivity contribution in [2.24, 2.45) is 10.8 Å². The van der Waals surface area contributed by atoms with Gasteiger partial charge in [0.05, 0.1) is 4.87 Å². The summed E-state index contributed by atoms with van der Waals surface area (Å²) in [6.45, 7) is 9.12. The first-order valence-electron chi connectivity index (χ1n) is 6.51. The molecule has 3 atom stereocenters. The molecule has 1 saturated carbocycles. The van der Waals surface area contributed by atoms with Crippen molar-refractivity contribution in [1.29, 1.82) is 0 Å². The molecule has 2 rings (SSSR count). The van der Waals surface area contributed by atoms with Gasteiger partial charge in [-0.2, -0.15) is 0 Å².